The number of hydrogen-bond donors (Lipinski definition) is 1. The van der Waals surface area contributed by atoms with Gasteiger partial charge in [0.15, 0.2) is 0 Å². The lowest BCUT2D eigenvalue weighted by Gasteiger charge is -2.19. The van der Waals surface area contributed by atoms with Gasteiger partial charge in [0, 0.05) is 13.0 Å². The minimum absolute atomic E-state index is 0.0491. The number of hydrogen-bond acceptors (Lipinski definition) is 2. The van der Waals surface area contributed by atoms with Gasteiger partial charge in [-0.15, -0.1) is 12.3 Å². The van der Waals surface area contributed by atoms with E-state index in [9.17, 15) is 9.59 Å². The number of nitrogens with one attached hydrogen (secondary N) is 1. The fourth-order valence-corrected chi connectivity index (χ4v) is 2.54. The fourth-order valence-electron chi connectivity index (χ4n) is 2.54. The second-order valence-corrected chi connectivity index (χ2v) is 4.48. The molecule has 1 saturated carbocycles. The number of amides is 3. The maximum Gasteiger partial charge on any atom is 0.325 e. The first-order valence-corrected chi connectivity index (χ1v) is 5.77. The summed E-state index contributed by atoms with van der Waals surface area (Å²) in [5.41, 5.74) is -0.576. The lowest BCUT2D eigenvalue weighted by molar-refractivity contribution is -0.131. The van der Waals surface area contributed by atoms with Gasteiger partial charge in [0.25, 0.3) is 5.91 Å². The highest BCUT2D eigenvalue weighted by molar-refractivity contribution is 6.07. The summed E-state index contributed by atoms with van der Waals surface area (Å²) in [6.45, 7) is 0.441. The van der Waals surface area contributed by atoms with Crippen molar-refractivity contribution in [3.8, 4) is 12.3 Å². The van der Waals surface area contributed by atoms with E-state index < -0.39 is 5.54 Å². The number of urea groups is 1. The first-order chi connectivity index (χ1) is 7.69. The molecule has 16 heavy (non-hydrogen) atoms. The topological polar surface area (TPSA) is 49.4 Å². The molecule has 1 saturated heterocycles. The molecule has 0 aromatic heterocycles. The van der Waals surface area contributed by atoms with Crippen molar-refractivity contribution in [3.05, 3.63) is 0 Å². The number of unbranched alkanes of at least 4 members (excludes halogenated alkanes) is 1. The molecule has 0 bridgehead atoms. The Morgan fingerprint density at radius 3 is 2.69 bits per heavy atom. The van der Waals surface area contributed by atoms with Crippen molar-refractivity contribution < 1.29 is 9.59 Å². The highest BCUT2D eigenvalue weighted by Crippen LogP contribution is 2.34. The lowest BCUT2D eigenvalue weighted by Crippen LogP contribution is -2.44. The summed E-state index contributed by atoms with van der Waals surface area (Å²) in [6.07, 6.45) is 10.0. The third kappa shape index (κ3) is 1.67. The number of nitrogens with zero attached hydrogens (tertiary/aromatic N) is 1. The molecule has 3 amide bonds. The summed E-state index contributed by atoms with van der Waals surface area (Å²) >= 11 is 0. The van der Waals surface area contributed by atoms with E-state index in [-0.39, 0.29) is 11.9 Å². The summed E-state index contributed by atoms with van der Waals surface area (Å²) in [5.74, 6) is 2.46. The maximum atomic E-state index is 12.1. The van der Waals surface area contributed by atoms with Gasteiger partial charge in [-0.05, 0) is 19.3 Å². The average molecular weight is 220 g/mol. The summed E-state index contributed by atoms with van der Waals surface area (Å²) in [6, 6.07) is -0.246. The molecule has 0 aromatic rings. The normalized spacial score (nSPS) is 22.6. The van der Waals surface area contributed by atoms with Crippen LogP contribution in [-0.2, 0) is 4.79 Å². The standard InChI is InChI=1S/C12H16N2O2/c1-2-3-6-9-14-10(15)12(13-11(14)16)7-4-5-8-12/h1H,3-9H2,(H,13,16). The Labute approximate surface area is 95.4 Å². The number of imide groups is 1. The van der Waals surface area contributed by atoms with Crippen LogP contribution in [0.15, 0.2) is 0 Å². The van der Waals surface area contributed by atoms with Crippen LogP contribution in [0.1, 0.15) is 38.5 Å². The largest absolute Gasteiger partial charge is 0.325 e. The van der Waals surface area contributed by atoms with E-state index >= 15 is 0 Å². The van der Waals surface area contributed by atoms with Gasteiger partial charge in [-0.1, -0.05) is 12.8 Å². The molecule has 86 valence electrons. The van der Waals surface area contributed by atoms with Crippen LogP contribution in [-0.4, -0.2) is 28.9 Å². The van der Waals surface area contributed by atoms with E-state index in [1.165, 1.54) is 4.90 Å². The molecule has 4 nitrogen and oxygen atoms in total. The van der Waals surface area contributed by atoms with Crippen LogP contribution in [0.2, 0.25) is 0 Å². The van der Waals surface area contributed by atoms with Gasteiger partial charge >= 0.3 is 6.03 Å². The van der Waals surface area contributed by atoms with E-state index in [0.717, 1.165) is 25.7 Å². The molecule has 0 unspecified atom stereocenters. The SMILES string of the molecule is C#CCCCN1C(=O)NC2(CCCC2)C1=O. The highest BCUT2D eigenvalue weighted by Gasteiger charge is 2.51. The van der Waals surface area contributed by atoms with Gasteiger partial charge in [-0.25, -0.2) is 4.79 Å². The van der Waals surface area contributed by atoms with Crippen LogP contribution in [0.5, 0.6) is 0 Å². The van der Waals surface area contributed by atoms with Crippen molar-refractivity contribution in [1.29, 1.82) is 0 Å². The van der Waals surface area contributed by atoms with E-state index in [1.807, 2.05) is 0 Å². The lowest BCUT2D eigenvalue weighted by atomic mass is 9.98. The van der Waals surface area contributed by atoms with Gasteiger partial charge in [0.05, 0.1) is 0 Å². The molecular weight excluding hydrogens is 204 g/mol. The Kier molecular flexibility index (Phi) is 2.86. The minimum Gasteiger partial charge on any atom is -0.323 e. The van der Waals surface area contributed by atoms with Gasteiger partial charge in [0.1, 0.15) is 5.54 Å². The predicted molar refractivity (Wildman–Crippen MR) is 59.5 cm³/mol. The first-order valence-electron chi connectivity index (χ1n) is 5.77. The second kappa shape index (κ2) is 4.17. The zero-order valence-corrected chi connectivity index (χ0v) is 9.29. The number of carbonyl (C=O) groups excluding carboxylic acids is 2. The predicted octanol–water partition coefficient (Wildman–Crippen LogP) is 1.26. The van der Waals surface area contributed by atoms with Crippen LogP contribution in [0.25, 0.3) is 0 Å². The van der Waals surface area contributed by atoms with Crippen molar-refractivity contribution >= 4 is 11.9 Å². The smallest absolute Gasteiger partial charge is 0.323 e. The fraction of sp³-hybridized carbons (Fsp3) is 0.667. The Hall–Kier alpha value is -1.50. The van der Waals surface area contributed by atoms with E-state index in [2.05, 4.69) is 11.2 Å². The molecule has 1 heterocycles. The minimum atomic E-state index is -0.576. The van der Waals surface area contributed by atoms with Gasteiger partial charge < -0.3 is 5.32 Å². The van der Waals surface area contributed by atoms with Crippen LogP contribution in [0.3, 0.4) is 0 Å². The average Bonchev–Trinajstić information content (AvgIpc) is 2.80. The molecule has 0 atom stereocenters. The number of rotatable bonds is 3. The summed E-state index contributed by atoms with van der Waals surface area (Å²) in [7, 11) is 0. The molecule has 2 aliphatic rings. The van der Waals surface area contributed by atoms with Crippen LogP contribution >= 0.6 is 0 Å². The zero-order valence-electron chi connectivity index (χ0n) is 9.29. The molecule has 1 N–H and O–H groups in total. The summed E-state index contributed by atoms with van der Waals surface area (Å²) in [4.78, 5) is 25.1. The van der Waals surface area contributed by atoms with Crippen molar-refractivity contribution in [3.63, 3.8) is 0 Å². The van der Waals surface area contributed by atoms with Crippen molar-refractivity contribution in [1.82, 2.24) is 10.2 Å². The molecule has 1 aliphatic heterocycles. The second-order valence-electron chi connectivity index (χ2n) is 4.48. The number of terminal acetylenes is 1. The molecule has 0 radical (unpaired) electrons. The molecular formula is C12H16N2O2. The first kappa shape index (κ1) is 11.0. The quantitative estimate of drug-likeness (QED) is 0.442. The Morgan fingerprint density at radius 2 is 2.06 bits per heavy atom. The Balaban J connectivity index is 2.02. The van der Waals surface area contributed by atoms with Crippen LogP contribution in [0.4, 0.5) is 4.79 Å². The monoisotopic (exact) mass is 220 g/mol. The van der Waals surface area contributed by atoms with E-state index in [1.54, 1.807) is 0 Å². The summed E-state index contributed by atoms with van der Waals surface area (Å²) < 4.78 is 0. The van der Waals surface area contributed by atoms with Crippen LogP contribution < -0.4 is 5.32 Å². The third-order valence-corrected chi connectivity index (χ3v) is 3.41. The Morgan fingerprint density at radius 1 is 1.38 bits per heavy atom. The Bertz CT molecular complexity index is 351. The molecule has 0 aromatic carbocycles. The molecule has 2 rings (SSSR count). The highest BCUT2D eigenvalue weighted by atomic mass is 16.2. The van der Waals surface area contributed by atoms with Crippen molar-refractivity contribution in [2.75, 3.05) is 6.54 Å². The van der Waals surface area contributed by atoms with E-state index in [0.29, 0.717) is 19.4 Å². The molecule has 4 heteroatoms. The van der Waals surface area contributed by atoms with Gasteiger partial charge in [-0.2, -0.15) is 0 Å². The van der Waals surface area contributed by atoms with Gasteiger partial charge in [-0.3, -0.25) is 9.69 Å². The molecule has 2 fully saturated rings. The van der Waals surface area contributed by atoms with E-state index in [4.69, 9.17) is 6.42 Å². The van der Waals surface area contributed by atoms with Gasteiger partial charge in [0.2, 0.25) is 0 Å². The maximum absolute atomic E-state index is 12.1. The van der Waals surface area contributed by atoms with Crippen molar-refractivity contribution in [2.45, 2.75) is 44.1 Å². The molecule has 1 aliphatic carbocycles. The number of carbonyl (C=O) groups is 2. The molecule has 1 spiro atoms. The summed E-state index contributed by atoms with van der Waals surface area (Å²) in [5, 5.41) is 2.84. The third-order valence-electron chi connectivity index (χ3n) is 3.41. The van der Waals surface area contributed by atoms with Crippen LogP contribution in [0, 0.1) is 12.3 Å². The zero-order chi connectivity index (χ0) is 11.6. The van der Waals surface area contributed by atoms with Crippen molar-refractivity contribution in [2.24, 2.45) is 0 Å².